The van der Waals surface area contributed by atoms with Gasteiger partial charge in [0.05, 0.1) is 36.1 Å². The SMILES string of the molecule is CCOC(=O)C1CC=C(c2ncc(-c3ccc4nc(C)c(CN5C(=O)[C@@H](C)Oc6c(F)cccc65)n4c3)cn2)CC1. The van der Waals surface area contributed by atoms with Crippen molar-refractivity contribution in [3.05, 3.63) is 78.0 Å². The van der Waals surface area contributed by atoms with Gasteiger partial charge in [-0.15, -0.1) is 0 Å². The zero-order valence-corrected chi connectivity index (χ0v) is 23.1. The molecule has 1 unspecified atom stereocenters. The Morgan fingerprint density at radius 2 is 1.98 bits per heavy atom. The van der Waals surface area contributed by atoms with Gasteiger partial charge in [0.25, 0.3) is 5.91 Å². The number of aromatic nitrogens is 4. The van der Waals surface area contributed by atoms with E-state index in [1.54, 1.807) is 36.4 Å². The first-order valence-electron chi connectivity index (χ1n) is 13.8. The number of carbonyl (C=O) groups excluding carboxylic acids is 2. The van der Waals surface area contributed by atoms with E-state index in [1.165, 1.54) is 6.07 Å². The standard InChI is InChI=1S/C31H30FN5O4/c1-4-40-31(39)21-10-8-20(9-11-21)29-33-14-23(15-34-29)22-12-13-27-35-18(2)26(36(27)16-22)17-37-25-7-5-6-24(32)28(25)41-19(3)30(37)38/h5-8,12-16,19,21H,4,9-11,17H2,1-3H3/t19-,21?/m1/s1. The number of hydrogen-bond acceptors (Lipinski definition) is 7. The van der Waals surface area contributed by atoms with E-state index in [0.717, 1.165) is 46.6 Å². The number of nitrogens with zero attached hydrogens (tertiary/aromatic N) is 5. The van der Waals surface area contributed by atoms with Crippen molar-refractivity contribution in [2.24, 2.45) is 5.92 Å². The lowest BCUT2D eigenvalue weighted by atomic mass is 9.89. The molecule has 0 saturated carbocycles. The Morgan fingerprint density at radius 1 is 1.17 bits per heavy atom. The highest BCUT2D eigenvalue weighted by Gasteiger charge is 2.34. The predicted molar refractivity (Wildman–Crippen MR) is 151 cm³/mol. The smallest absolute Gasteiger partial charge is 0.309 e. The molecule has 3 aromatic heterocycles. The van der Waals surface area contributed by atoms with E-state index in [4.69, 9.17) is 9.47 Å². The first kappa shape index (κ1) is 26.6. The van der Waals surface area contributed by atoms with Gasteiger partial charge in [-0.3, -0.25) is 14.5 Å². The van der Waals surface area contributed by atoms with E-state index in [1.807, 2.05) is 42.7 Å². The van der Waals surface area contributed by atoms with E-state index < -0.39 is 11.9 Å². The fourth-order valence-corrected chi connectivity index (χ4v) is 5.43. The van der Waals surface area contributed by atoms with Crippen LogP contribution in [-0.4, -0.2) is 43.9 Å². The molecular weight excluding hydrogens is 525 g/mol. The summed E-state index contributed by atoms with van der Waals surface area (Å²) in [5, 5.41) is 0. The Morgan fingerprint density at radius 3 is 2.71 bits per heavy atom. The van der Waals surface area contributed by atoms with Crippen LogP contribution in [0, 0.1) is 18.7 Å². The Bertz CT molecular complexity index is 1680. The summed E-state index contributed by atoms with van der Waals surface area (Å²) in [5.41, 5.74) is 5.45. The maximum Gasteiger partial charge on any atom is 0.309 e. The van der Waals surface area contributed by atoms with Crippen molar-refractivity contribution in [1.82, 2.24) is 19.4 Å². The van der Waals surface area contributed by atoms with Crippen LogP contribution in [0.3, 0.4) is 0 Å². The van der Waals surface area contributed by atoms with Gasteiger partial charge in [-0.2, -0.15) is 0 Å². The molecule has 0 radical (unpaired) electrons. The van der Waals surface area contributed by atoms with Gasteiger partial charge >= 0.3 is 5.97 Å². The van der Waals surface area contributed by atoms with E-state index in [0.29, 0.717) is 24.5 Å². The first-order chi connectivity index (χ1) is 19.8. The minimum Gasteiger partial charge on any atom is -0.476 e. The van der Waals surface area contributed by atoms with Crippen molar-refractivity contribution in [2.45, 2.75) is 52.7 Å². The van der Waals surface area contributed by atoms with Gasteiger partial charge in [-0.05, 0) is 69.9 Å². The number of hydrogen-bond donors (Lipinski definition) is 0. The number of carbonyl (C=O) groups is 2. The molecule has 1 aliphatic carbocycles. The average Bonchev–Trinajstić information content (AvgIpc) is 3.30. The van der Waals surface area contributed by atoms with Crippen molar-refractivity contribution in [2.75, 3.05) is 11.5 Å². The average molecular weight is 556 g/mol. The topological polar surface area (TPSA) is 98.9 Å². The van der Waals surface area contributed by atoms with Crippen LogP contribution in [0.1, 0.15) is 50.3 Å². The zero-order chi connectivity index (χ0) is 28.7. The summed E-state index contributed by atoms with van der Waals surface area (Å²) in [6.07, 6.45) is 8.82. The second-order valence-electron chi connectivity index (χ2n) is 10.3. The molecular formula is C31H30FN5O4. The van der Waals surface area contributed by atoms with Crippen LogP contribution in [-0.2, 0) is 20.9 Å². The second kappa shape index (κ2) is 10.8. The number of pyridine rings is 1. The second-order valence-corrected chi connectivity index (χ2v) is 10.3. The molecule has 1 aromatic carbocycles. The Hall–Kier alpha value is -4.60. The van der Waals surface area contributed by atoms with Gasteiger partial charge in [0.2, 0.25) is 0 Å². The molecule has 4 aromatic rings. The summed E-state index contributed by atoms with van der Waals surface area (Å²) in [6, 6.07) is 8.45. The Labute approximate surface area is 236 Å². The van der Waals surface area contributed by atoms with Crippen molar-refractivity contribution in [1.29, 1.82) is 0 Å². The maximum absolute atomic E-state index is 14.5. The van der Waals surface area contributed by atoms with Crippen molar-refractivity contribution in [3.8, 4) is 16.9 Å². The molecule has 2 atom stereocenters. The summed E-state index contributed by atoms with van der Waals surface area (Å²) in [6.45, 7) is 5.93. The third-order valence-corrected chi connectivity index (χ3v) is 7.67. The number of anilines is 1. The van der Waals surface area contributed by atoms with Crippen molar-refractivity contribution >= 4 is 28.8 Å². The largest absolute Gasteiger partial charge is 0.476 e. The third kappa shape index (κ3) is 4.94. The fourth-order valence-electron chi connectivity index (χ4n) is 5.43. The monoisotopic (exact) mass is 555 g/mol. The summed E-state index contributed by atoms with van der Waals surface area (Å²) >= 11 is 0. The fraction of sp³-hybridized carbons (Fsp3) is 0.323. The lowest BCUT2D eigenvalue weighted by molar-refractivity contribution is -0.148. The molecule has 0 fully saturated rings. The van der Waals surface area contributed by atoms with Gasteiger partial charge in [0.15, 0.2) is 23.5 Å². The van der Waals surface area contributed by atoms with E-state index in [-0.39, 0.29) is 30.1 Å². The van der Waals surface area contributed by atoms with E-state index in [9.17, 15) is 14.0 Å². The van der Waals surface area contributed by atoms with Gasteiger partial charge in [0.1, 0.15) is 5.65 Å². The number of fused-ring (bicyclic) bond motifs is 2. The number of imidazole rings is 1. The van der Waals surface area contributed by atoms with Crippen LogP contribution in [0.15, 0.2) is 55.0 Å². The normalized spacial score (nSPS) is 18.6. The Balaban J connectivity index is 1.27. The zero-order valence-electron chi connectivity index (χ0n) is 23.1. The van der Waals surface area contributed by atoms with Crippen molar-refractivity contribution < 1.29 is 23.5 Å². The predicted octanol–water partition coefficient (Wildman–Crippen LogP) is 5.30. The number of aryl methyl sites for hydroxylation is 1. The molecule has 41 heavy (non-hydrogen) atoms. The number of halogens is 1. The van der Waals surface area contributed by atoms with Crippen LogP contribution in [0.2, 0.25) is 0 Å². The van der Waals surface area contributed by atoms with Gasteiger partial charge < -0.3 is 13.9 Å². The number of rotatable bonds is 6. The molecule has 1 amide bonds. The molecule has 6 rings (SSSR count). The summed E-state index contributed by atoms with van der Waals surface area (Å²) < 4.78 is 27.2. The number of benzene rings is 1. The number of amides is 1. The molecule has 2 aliphatic rings. The summed E-state index contributed by atoms with van der Waals surface area (Å²) in [4.78, 5) is 40.6. The Kier molecular flexibility index (Phi) is 6.98. The van der Waals surface area contributed by atoms with Crippen LogP contribution in [0.25, 0.3) is 22.3 Å². The highest BCUT2D eigenvalue weighted by atomic mass is 19.1. The number of esters is 1. The van der Waals surface area contributed by atoms with E-state index >= 15 is 0 Å². The molecule has 0 N–H and O–H groups in total. The minimum atomic E-state index is -0.805. The molecule has 9 nitrogen and oxygen atoms in total. The number of ether oxygens (including phenoxy) is 2. The van der Waals surface area contributed by atoms with Gasteiger partial charge in [-0.1, -0.05) is 12.1 Å². The number of para-hydroxylation sites is 1. The summed E-state index contributed by atoms with van der Waals surface area (Å²) in [5.74, 6) is -0.275. The lowest BCUT2D eigenvalue weighted by Crippen LogP contribution is -2.44. The van der Waals surface area contributed by atoms with Crippen LogP contribution >= 0.6 is 0 Å². The lowest BCUT2D eigenvalue weighted by Gasteiger charge is -2.33. The first-order valence-corrected chi connectivity index (χ1v) is 13.8. The van der Waals surface area contributed by atoms with Crippen LogP contribution in [0.4, 0.5) is 10.1 Å². The highest BCUT2D eigenvalue weighted by molar-refractivity contribution is 5.99. The highest BCUT2D eigenvalue weighted by Crippen LogP contribution is 2.37. The quantitative estimate of drug-likeness (QED) is 0.298. The minimum absolute atomic E-state index is 0.0773. The molecule has 0 bridgehead atoms. The molecule has 0 spiro atoms. The summed E-state index contributed by atoms with van der Waals surface area (Å²) in [7, 11) is 0. The third-order valence-electron chi connectivity index (χ3n) is 7.67. The van der Waals surface area contributed by atoms with E-state index in [2.05, 4.69) is 15.0 Å². The van der Waals surface area contributed by atoms with Gasteiger partial charge in [-0.25, -0.2) is 19.3 Å². The molecule has 0 saturated heterocycles. The van der Waals surface area contributed by atoms with Gasteiger partial charge in [0, 0.05) is 29.7 Å². The molecule has 1 aliphatic heterocycles. The molecule has 4 heterocycles. The maximum atomic E-state index is 14.5. The van der Waals surface area contributed by atoms with Crippen LogP contribution < -0.4 is 9.64 Å². The van der Waals surface area contributed by atoms with Crippen molar-refractivity contribution in [3.63, 3.8) is 0 Å². The van der Waals surface area contributed by atoms with Crippen LogP contribution in [0.5, 0.6) is 5.75 Å². The molecule has 10 heteroatoms. The molecule has 210 valence electrons. The number of allylic oxidation sites excluding steroid dienone is 2.